The van der Waals surface area contributed by atoms with Crippen LogP contribution in [0.2, 0.25) is 0 Å². The number of carbonyl (C=O) groups excluding carboxylic acids is 2. The summed E-state index contributed by atoms with van der Waals surface area (Å²) in [6.45, 7) is 12.3. The minimum absolute atomic E-state index is 0.0850. The molecule has 4 nitrogen and oxygen atoms in total. The van der Waals surface area contributed by atoms with Gasteiger partial charge in [0, 0.05) is 36.9 Å². The van der Waals surface area contributed by atoms with E-state index in [0.717, 1.165) is 0 Å². The zero-order chi connectivity index (χ0) is 13.9. The number of rotatable bonds is 2. The molecule has 1 rings (SSSR count). The largest absolute Gasteiger partial charge is 0.459 e. The lowest BCUT2D eigenvalue weighted by Crippen LogP contribution is -2.46. The number of piperidine rings is 1. The van der Waals surface area contributed by atoms with Gasteiger partial charge in [0.15, 0.2) is 0 Å². The second kappa shape index (κ2) is 5.55. The highest BCUT2D eigenvalue weighted by Gasteiger charge is 2.31. The molecule has 0 N–H and O–H groups in total. The Bertz CT molecular complexity index is 347. The van der Waals surface area contributed by atoms with E-state index in [4.69, 9.17) is 4.74 Å². The highest BCUT2D eigenvalue weighted by molar-refractivity contribution is 5.87. The van der Waals surface area contributed by atoms with Gasteiger partial charge in [0.25, 0.3) is 0 Å². The molecule has 1 aliphatic heterocycles. The predicted molar refractivity (Wildman–Crippen MR) is 70.0 cm³/mol. The van der Waals surface area contributed by atoms with Gasteiger partial charge >= 0.3 is 5.97 Å². The van der Waals surface area contributed by atoms with Gasteiger partial charge in [0.1, 0.15) is 6.10 Å². The molecule has 0 unspecified atom stereocenters. The Morgan fingerprint density at radius 2 is 1.72 bits per heavy atom. The molecule has 18 heavy (non-hydrogen) atoms. The minimum atomic E-state index is -0.346. The Morgan fingerprint density at radius 3 is 2.11 bits per heavy atom. The molecule has 0 aliphatic carbocycles. The van der Waals surface area contributed by atoms with Crippen LogP contribution < -0.4 is 0 Å². The van der Waals surface area contributed by atoms with Crippen LogP contribution in [0.25, 0.3) is 0 Å². The average Bonchev–Trinajstić information content (AvgIpc) is 2.27. The number of carbonyl (C=O) groups is 2. The fraction of sp³-hybridized carbons (Fsp3) is 0.714. The van der Waals surface area contributed by atoms with Crippen molar-refractivity contribution in [3.63, 3.8) is 0 Å². The van der Waals surface area contributed by atoms with Crippen molar-refractivity contribution < 1.29 is 14.3 Å². The zero-order valence-corrected chi connectivity index (χ0v) is 11.8. The smallest absolute Gasteiger partial charge is 0.333 e. The van der Waals surface area contributed by atoms with Crippen molar-refractivity contribution in [2.45, 2.75) is 46.6 Å². The summed E-state index contributed by atoms with van der Waals surface area (Å²) in [5.41, 5.74) is 0.0736. The second-order valence-corrected chi connectivity index (χ2v) is 5.93. The third kappa shape index (κ3) is 3.86. The Balaban J connectivity index is 2.44. The second-order valence-electron chi connectivity index (χ2n) is 5.93. The summed E-state index contributed by atoms with van der Waals surface area (Å²) in [6, 6.07) is 0. The van der Waals surface area contributed by atoms with Crippen molar-refractivity contribution in [3.8, 4) is 0 Å². The maximum atomic E-state index is 12.1. The van der Waals surface area contributed by atoms with Gasteiger partial charge in [-0.2, -0.15) is 0 Å². The lowest BCUT2D eigenvalue weighted by atomic mass is 9.93. The van der Waals surface area contributed by atoms with Crippen molar-refractivity contribution in [2.75, 3.05) is 13.1 Å². The van der Waals surface area contributed by atoms with Gasteiger partial charge < -0.3 is 9.64 Å². The number of likely N-dealkylation sites (tertiary alicyclic amines) is 1. The predicted octanol–water partition coefficient (Wildman–Crippen LogP) is 2.14. The van der Waals surface area contributed by atoms with Crippen LogP contribution in [-0.4, -0.2) is 36.0 Å². The Morgan fingerprint density at radius 1 is 1.22 bits per heavy atom. The molecular formula is C14H23NO3. The average molecular weight is 253 g/mol. The number of nitrogens with zero attached hydrogens (tertiary/aromatic N) is 1. The van der Waals surface area contributed by atoms with Crippen molar-refractivity contribution >= 4 is 11.9 Å². The number of esters is 1. The summed E-state index contributed by atoms with van der Waals surface area (Å²) >= 11 is 0. The first-order valence-corrected chi connectivity index (χ1v) is 6.37. The van der Waals surface area contributed by atoms with Crippen LogP contribution >= 0.6 is 0 Å². The summed E-state index contributed by atoms with van der Waals surface area (Å²) in [5, 5.41) is 0. The fourth-order valence-electron chi connectivity index (χ4n) is 1.90. The van der Waals surface area contributed by atoms with Gasteiger partial charge in [0.05, 0.1) is 0 Å². The maximum Gasteiger partial charge on any atom is 0.333 e. The number of amides is 1. The van der Waals surface area contributed by atoms with Crippen LogP contribution in [0.5, 0.6) is 0 Å². The van der Waals surface area contributed by atoms with Crippen LogP contribution in [0.4, 0.5) is 0 Å². The molecule has 1 fully saturated rings. The number of hydrogen-bond donors (Lipinski definition) is 0. The molecule has 0 aromatic heterocycles. The van der Waals surface area contributed by atoms with Gasteiger partial charge in [-0.25, -0.2) is 4.79 Å². The van der Waals surface area contributed by atoms with E-state index in [0.29, 0.717) is 31.5 Å². The highest BCUT2D eigenvalue weighted by Crippen LogP contribution is 2.22. The van der Waals surface area contributed by atoms with Crippen LogP contribution in [0.15, 0.2) is 12.2 Å². The lowest BCUT2D eigenvalue weighted by Gasteiger charge is -2.35. The highest BCUT2D eigenvalue weighted by atomic mass is 16.5. The molecule has 4 heteroatoms. The van der Waals surface area contributed by atoms with Crippen LogP contribution in [0.3, 0.4) is 0 Å². The van der Waals surface area contributed by atoms with E-state index in [1.165, 1.54) is 0 Å². The monoisotopic (exact) mass is 253 g/mol. The number of hydrogen-bond acceptors (Lipinski definition) is 3. The quantitative estimate of drug-likeness (QED) is 0.559. The van der Waals surface area contributed by atoms with Crippen LogP contribution in [-0.2, 0) is 14.3 Å². The normalized spacial score (nSPS) is 17.4. The molecule has 0 radical (unpaired) electrons. The van der Waals surface area contributed by atoms with E-state index in [1.54, 1.807) is 6.92 Å². The van der Waals surface area contributed by atoms with Gasteiger partial charge in [-0.1, -0.05) is 27.4 Å². The fourth-order valence-corrected chi connectivity index (χ4v) is 1.90. The SMILES string of the molecule is C=C(C)C(=O)OC1CCN(C(=O)C(C)(C)C)CC1. The molecule has 0 aromatic rings. The molecule has 0 atom stereocenters. The molecule has 0 saturated carbocycles. The Hall–Kier alpha value is -1.32. The van der Waals surface area contributed by atoms with Crippen molar-refractivity contribution in [1.82, 2.24) is 4.90 Å². The van der Waals surface area contributed by atoms with Gasteiger partial charge in [0.2, 0.25) is 5.91 Å². The third-order valence-electron chi connectivity index (χ3n) is 2.99. The Kier molecular flexibility index (Phi) is 4.54. The van der Waals surface area contributed by atoms with E-state index in [2.05, 4.69) is 6.58 Å². The lowest BCUT2D eigenvalue weighted by molar-refractivity contribution is -0.149. The first-order valence-electron chi connectivity index (χ1n) is 6.37. The number of ether oxygens (including phenoxy) is 1. The molecule has 1 aliphatic rings. The molecule has 102 valence electrons. The Labute approximate surface area is 109 Å². The van der Waals surface area contributed by atoms with E-state index in [9.17, 15) is 9.59 Å². The molecule has 1 amide bonds. The minimum Gasteiger partial charge on any atom is -0.459 e. The van der Waals surface area contributed by atoms with E-state index in [1.807, 2.05) is 25.7 Å². The summed E-state index contributed by atoms with van der Waals surface area (Å²) in [5.74, 6) is -0.178. The molecule has 0 spiro atoms. The van der Waals surface area contributed by atoms with Gasteiger partial charge in [-0.3, -0.25) is 4.79 Å². The molecule has 0 aromatic carbocycles. The first kappa shape index (κ1) is 14.7. The van der Waals surface area contributed by atoms with Crippen molar-refractivity contribution in [2.24, 2.45) is 5.41 Å². The molecule has 1 heterocycles. The van der Waals surface area contributed by atoms with E-state index >= 15 is 0 Å². The van der Waals surface area contributed by atoms with Crippen LogP contribution in [0.1, 0.15) is 40.5 Å². The molecular weight excluding hydrogens is 230 g/mol. The topological polar surface area (TPSA) is 46.6 Å². The maximum absolute atomic E-state index is 12.1. The van der Waals surface area contributed by atoms with Crippen LogP contribution in [0, 0.1) is 5.41 Å². The van der Waals surface area contributed by atoms with Crippen molar-refractivity contribution in [3.05, 3.63) is 12.2 Å². The van der Waals surface area contributed by atoms with Gasteiger partial charge in [-0.05, 0) is 6.92 Å². The third-order valence-corrected chi connectivity index (χ3v) is 2.99. The van der Waals surface area contributed by atoms with Crippen molar-refractivity contribution in [1.29, 1.82) is 0 Å². The standard InChI is InChI=1S/C14H23NO3/c1-10(2)12(16)18-11-6-8-15(9-7-11)13(17)14(3,4)5/h11H,1,6-9H2,2-5H3. The first-order chi connectivity index (χ1) is 8.21. The summed E-state index contributed by atoms with van der Waals surface area (Å²) < 4.78 is 5.29. The van der Waals surface area contributed by atoms with E-state index in [-0.39, 0.29) is 23.4 Å². The van der Waals surface area contributed by atoms with E-state index < -0.39 is 0 Å². The summed E-state index contributed by atoms with van der Waals surface area (Å²) in [6.07, 6.45) is 1.33. The van der Waals surface area contributed by atoms with Gasteiger partial charge in [-0.15, -0.1) is 0 Å². The summed E-state index contributed by atoms with van der Waals surface area (Å²) in [4.78, 5) is 25.3. The molecule has 1 saturated heterocycles. The zero-order valence-electron chi connectivity index (χ0n) is 11.8. The summed E-state index contributed by atoms with van der Waals surface area (Å²) in [7, 11) is 0. The molecule has 0 bridgehead atoms.